The topological polar surface area (TPSA) is 50.7 Å². The summed E-state index contributed by atoms with van der Waals surface area (Å²) < 4.78 is 6.24. The van der Waals surface area contributed by atoms with Crippen LogP contribution in [0, 0.1) is 13.8 Å². The number of aryl methyl sites for hydroxylation is 1. The standard InChI is InChI=1S/C15H21NO3.CH4/c1-9-7-12-13(10(2)14(9)17)11(16-18-3)8-15(19-12)5-4-6-15;/h7,11,16-17H,4-6,8H2,1-3H3;1H4/t11-;/m1./s1. The van der Waals surface area contributed by atoms with E-state index in [-0.39, 0.29) is 19.1 Å². The number of ether oxygens (including phenoxy) is 1. The van der Waals surface area contributed by atoms with E-state index in [0.29, 0.717) is 5.75 Å². The lowest BCUT2D eigenvalue weighted by molar-refractivity contribution is -0.0601. The summed E-state index contributed by atoms with van der Waals surface area (Å²) in [5.41, 5.74) is 5.81. The van der Waals surface area contributed by atoms with Gasteiger partial charge in [0.05, 0.1) is 13.2 Å². The Labute approximate surface area is 121 Å². The monoisotopic (exact) mass is 279 g/mol. The zero-order valence-corrected chi connectivity index (χ0v) is 11.7. The third kappa shape index (κ3) is 2.17. The average Bonchev–Trinajstić information content (AvgIpc) is 2.34. The van der Waals surface area contributed by atoms with E-state index in [1.54, 1.807) is 7.11 Å². The van der Waals surface area contributed by atoms with Crippen molar-refractivity contribution in [2.24, 2.45) is 0 Å². The number of nitrogens with one attached hydrogen (secondary N) is 1. The van der Waals surface area contributed by atoms with Gasteiger partial charge in [-0.3, -0.25) is 0 Å². The Balaban J connectivity index is 0.00000147. The van der Waals surface area contributed by atoms with Crippen LogP contribution in [-0.2, 0) is 4.84 Å². The zero-order valence-electron chi connectivity index (χ0n) is 11.7. The molecule has 4 heteroatoms. The second-order valence-corrected chi connectivity index (χ2v) is 5.80. The van der Waals surface area contributed by atoms with Gasteiger partial charge in [-0.25, -0.2) is 0 Å². The fourth-order valence-corrected chi connectivity index (χ4v) is 3.34. The highest BCUT2D eigenvalue weighted by molar-refractivity contribution is 5.54. The fourth-order valence-electron chi connectivity index (χ4n) is 3.34. The van der Waals surface area contributed by atoms with Crippen molar-refractivity contribution in [3.8, 4) is 11.5 Å². The van der Waals surface area contributed by atoms with Gasteiger partial charge in [0.15, 0.2) is 0 Å². The van der Waals surface area contributed by atoms with Crippen LogP contribution >= 0.6 is 0 Å². The van der Waals surface area contributed by atoms with Crippen molar-refractivity contribution in [1.82, 2.24) is 5.48 Å². The van der Waals surface area contributed by atoms with Gasteiger partial charge in [-0.1, -0.05) is 7.43 Å². The summed E-state index contributed by atoms with van der Waals surface area (Å²) in [6.45, 7) is 3.85. The number of phenols is 1. The number of phenolic OH excluding ortho intramolecular Hbond substituents is 1. The van der Waals surface area contributed by atoms with Crippen molar-refractivity contribution in [3.63, 3.8) is 0 Å². The Morgan fingerprint density at radius 2 is 2.10 bits per heavy atom. The maximum Gasteiger partial charge on any atom is 0.125 e. The van der Waals surface area contributed by atoms with Crippen molar-refractivity contribution in [1.29, 1.82) is 0 Å². The number of fused-ring (bicyclic) bond motifs is 1. The van der Waals surface area contributed by atoms with Gasteiger partial charge >= 0.3 is 0 Å². The minimum Gasteiger partial charge on any atom is -0.507 e. The summed E-state index contributed by atoms with van der Waals surface area (Å²) in [4.78, 5) is 5.14. The summed E-state index contributed by atoms with van der Waals surface area (Å²) in [6.07, 6.45) is 4.34. The molecule has 1 saturated carbocycles. The summed E-state index contributed by atoms with van der Waals surface area (Å²) in [6, 6.07) is 2.03. The normalized spacial score (nSPS) is 22.4. The molecule has 0 saturated heterocycles. The molecular formula is C16H25NO3. The molecule has 1 spiro atoms. The van der Waals surface area contributed by atoms with E-state index >= 15 is 0 Å². The molecule has 4 nitrogen and oxygen atoms in total. The lowest BCUT2D eigenvalue weighted by Crippen LogP contribution is -2.49. The number of hydrogen-bond donors (Lipinski definition) is 2. The summed E-state index contributed by atoms with van der Waals surface area (Å²) in [5, 5.41) is 10.1. The van der Waals surface area contributed by atoms with Gasteiger partial charge in [0.2, 0.25) is 0 Å². The molecule has 112 valence electrons. The van der Waals surface area contributed by atoms with E-state index in [4.69, 9.17) is 9.57 Å². The van der Waals surface area contributed by atoms with Crippen LogP contribution in [-0.4, -0.2) is 17.8 Å². The van der Waals surface area contributed by atoms with E-state index in [1.807, 2.05) is 19.9 Å². The number of rotatable bonds is 2. The lowest BCUT2D eigenvalue weighted by atomic mass is 9.72. The number of benzene rings is 1. The Hall–Kier alpha value is -1.26. The first-order valence-corrected chi connectivity index (χ1v) is 6.87. The van der Waals surface area contributed by atoms with Crippen molar-refractivity contribution in [3.05, 3.63) is 22.8 Å². The highest BCUT2D eigenvalue weighted by Gasteiger charge is 2.46. The second-order valence-electron chi connectivity index (χ2n) is 5.80. The molecule has 2 N–H and O–H groups in total. The molecule has 0 unspecified atom stereocenters. The smallest absolute Gasteiger partial charge is 0.125 e. The summed E-state index contributed by atoms with van der Waals surface area (Å²) in [7, 11) is 1.63. The van der Waals surface area contributed by atoms with Crippen molar-refractivity contribution in [2.75, 3.05) is 7.11 Å². The van der Waals surface area contributed by atoms with Crippen LogP contribution in [0.25, 0.3) is 0 Å². The molecule has 1 atom stereocenters. The lowest BCUT2D eigenvalue weighted by Gasteiger charge is -2.48. The molecule has 0 radical (unpaired) electrons. The van der Waals surface area contributed by atoms with Gasteiger partial charge in [-0.15, -0.1) is 0 Å². The van der Waals surface area contributed by atoms with Crippen LogP contribution in [0.1, 0.15) is 55.8 Å². The average molecular weight is 279 g/mol. The van der Waals surface area contributed by atoms with Gasteiger partial charge in [-0.2, -0.15) is 5.48 Å². The van der Waals surface area contributed by atoms with E-state index in [0.717, 1.165) is 41.7 Å². The SMILES string of the molecule is C.CON[C@@H]1CC2(CCC2)Oc2cc(C)c(O)c(C)c21. The van der Waals surface area contributed by atoms with E-state index < -0.39 is 0 Å². The Bertz CT molecular complexity index is 509. The molecule has 0 bridgehead atoms. The van der Waals surface area contributed by atoms with Gasteiger partial charge in [0.25, 0.3) is 0 Å². The van der Waals surface area contributed by atoms with Crippen LogP contribution < -0.4 is 10.2 Å². The van der Waals surface area contributed by atoms with Gasteiger partial charge in [0, 0.05) is 12.0 Å². The molecule has 0 aromatic heterocycles. The first-order chi connectivity index (χ1) is 9.06. The molecule has 3 rings (SSSR count). The molecule has 20 heavy (non-hydrogen) atoms. The third-order valence-electron chi connectivity index (χ3n) is 4.52. The van der Waals surface area contributed by atoms with Gasteiger partial charge in [0.1, 0.15) is 17.1 Å². The minimum absolute atomic E-state index is 0. The summed E-state index contributed by atoms with van der Waals surface area (Å²) in [5.74, 6) is 1.25. The van der Waals surface area contributed by atoms with Crippen LogP contribution in [0.3, 0.4) is 0 Å². The van der Waals surface area contributed by atoms with E-state index in [1.165, 1.54) is 6.42 Å². The largest absolute Gasteiger partial charge is 0.507 e. The molecule has 0 amide bonds. The van der Waals surface area contributed by atoms with Crippen LogP contribution in [0.4, 0.5) is 0 Å². The highest BCUT2D eigenvalue weighted by Crippen LogP contribution is 2.51. The molecule has 1 aromatic rings. The van der Waals surface area contributed by atoms with Crippen molar-refractivity contribution < 1.29 is 14.7 Å². The highest BCUT2D eigenvalue weighted by atomic mass is 16.6. The zero-order chi connectivity index (χ0) is 13.6. The first-order valence-electron chi connectivity index (χ1n) is 6.87. The van der Waals surface area contributed by atoms with Gasteiger partial charge in [-0.05, 0) is 50.3 Å². The van der Waals surface area contributed by atoms with E-state index in [2.05, 4.69) is 5.48 Å². The van der Waals surface area contributed by atoms with Crippen LogP contribution in [0.2, 0.25) is 0 Å². The Kier molecular flexibility index (Phi) is 3.98. The van der Waals surface area contributed by atoms with Crippen LogP contribution in [0.15, 0.2) is 6.07 Å². The Morgan fingerprint density at radius 1 is 1.40 bits per heavy atom. The number of aromatic hydroxyl groups is 1. The quantitative estimate of drug-likeness (QED) is 0.813. The molecular weight excluding hydrogens is 254 g/mol. The minimum atomic E-state index is -0.0287. The molecule has 2 aliphatic rings. The molecule has 1 aliphatic heterocycles. The maximum absolute atomic E-state index is 10.1. The molecule has 1 fully saturated rings. The van der Waals surface area contributed by atoms with Crippen LogP contribution in [0.5, 0.6) is 11.5 Å². The first kappa shape index (κ1) is 15.1. The summed E-state index contributed by atoms with van der Waals surface area (Å²) >= 11 is 0. The molecule has 1 aliphatic carbocycles. The molecule has 1 heterocycles. The van der Waals surface area contributed by atoms with E-state index in [9.17, 15) is 5.11 Å². The van der Waals surface area contributed by atoms with Crippen molar-refractivity contribution >= 4 is 0 Å². The van der Waals surface area contributed by atoms with Gasteiger partial charge < -0.3 is 14.7 Å². The third-order valence-corrected chi connectivity index (χ3v) is 4.52. The predicted molar refractivity (Wildman–Crippen MR) is 79.0 cm³/mol. The second kappa shape index (κ2) is 5.26. The number of hydroxylamine groups is 1. The fraction of sp³-hybridized carbons (Fsp3) is 0.625. The predicted octanol–water partition coefficient (Wildman–Crippen LogP) is 3.54. The molecule has 1 aromatic carbocycles. The number of hydrogen-bond acceptors (Lipinski definition) is 4. The Morgan fingerprint density at radius 3 is 2.65 bits per heavy atom. The van der Waals surface area contributed by atoms with Crippen molar-refractivity contribution in [2.45, 2.75) is 58.6 Å². The maximum atomic E-state index is 10.1.